The lowest BCUT2D eigenvalue weighted by molar-refractivity contribution is 0.0693. The van der Waals surface area contributed by atoms with Gasteiger partial charge < -0.3 is 25.4 Å². The van der Waals surface area contributed by atoms with Crippen LogP contribution in [0.25, 0.3) is 0 Å². The molecule has 0 saturated carbocycles. The molecule has 0 atom stereocenters. The quantitative estimate of drug-likeness (QED) is 0.247. The Balaban J connectivity index is 1.88. The molecule has 188 valence electrons. The van der Waals surface area contributed by atoms with Gasteiger partial charge in [0.25, 0.3) is 0 Å². The van der Waals surface area contributed by atoms with E-state index in [1.807, 2.05) is 4.90 Å². The number of anilines is 1. The average Bonchev–Trinajstić information content (AvgIpc) is 3.17. The molecule has 2 rings (SSSR count). The molecule has 0 bridgehead atoms. The van der Waals surface area contributed by atoms with Gasteiger partial charge in [-0.25, -0.2) is 18.4 Å². The first-order valence-electron chi connectivity index (χ1n) is 10.6. The molecule has 0 radical (unpaired) electrons. The molecular formula is C21H28F2N4O6S. The predicted molar refractivity (Wildman–Crippen MR) is 121 cm³/mol. The predicted octanol–water partition coefficient (Wildman–Crippen LogP) is 2.20. The first-order chi connectivity index (χ1) is 16.3. The standard InChI is InChI=1S/C21H28F2N4O6S/c1-13-10-16(23)14(11-15(13)22)12-33-18-17(20(30)31)19(34-26-18)25-21(32)24-4-2-3-5-27(6-8-28)7-9-29/h10-11,28-29H,2-9,12H2,1H3,(H,30,31)(H2,24,25,32). The van der Waals surface area contributed by atoms with E-state index in [9.17, 15) is 23.5 Å². The number of rotatable bonds is 14. The average molecular weight is 503 g/mol. The van der Waals surface area contributed by atoms with Crippen LogP contribution in [0.1, 0.15) is 34.3 Å². The first-order valence-corrected chi connectivity index (χ1v) is 11.3. The number of hydrogen-bond acceptors (Lipinski definition) is 8. The van der Waals surface area contributed by atoms with Crippen molar-refractivity contribution in [2.45, 2.75) is 26.4 Å². The summed E-state index contributed by atoms with van der Waals surface area (Å²) < 4.78 is 36.9. The Morgan fingerprint density at radius 3 is 2.47 bits per heavy atom. The summed E-state index contributed by atoms with van der Waals surface area (Å²) in [6.07, 6.45) is 1.34. The largest absolute Gasteiger partial charge is 0.477 e. The first kappa shape index (κ1) is 27.4. The minimum atomic E-state index is -1.40. The number of carbonyl (C=O) groups is 2. The number of halogens is 2. The summed E-state index contributed by atoms with van der Waals surface area (Å²) in [5.74, 6) is -3.03. The molecule has 1 aromatic carbocycles. The second kappa shape index (κ2) is 13.7. The molecule has 5 N–H and O–H groups in total. The van der Waals surface area contributed by atoms with Gasteiger partial charge in [0.2, 0.25) is 5.88 Å². The van der Waals surface area contributed by atoms with Crippen LogP contribution in [0.3, 0.4) is 0 Å². The summed E-state index contributed by atoms with van der Waals surface area (Å²) in [4.78, 5) is 25.7. The van der Waals surface area contributed by atoms with Crippen molar-refractivity contribution in [2.24, 2.45) is 0 Å². The highest BCUT2D eigenvalue weighted by Crippen LogP contribution is 2.31. The van der Waals surface area contributed by atoms with Crippen LogP contribution in [0.2, 0.25) is 0 Å². The Labute approximate surface area is 199 Å². The summed E-state index contributed by atoms with van der Waals surface area (Å²) in [6.45, 7) is 2.82. The van der Waals surface area contributed by atoms with E-state index < -0.39 is 35.8 Å². The van der Waals surface area contributed by atoms with E-state index in [1.54, 1.807) is 0 Å². The number of ether oxygens (including phenoxy) is 1. The number of carbonyl (C=O) groups excluding carboxylic acids is 1. The third-order valence-electron chi connectivity index (χ3n) is 4.81. The Hall–Kier alpha value is -2.87. The van der Waals surface area contributed by atoms with Gasteiger partial charge >= 0.3 is 12.0 Å². The van der Waals surface area contributed by atoms with Crippen molar-refractivity contribution in [3.8, 4) is 5.88 Å². The molecular weight excluding hydrogens is 474 g/mol. The minimum absolute atomic E-state index is 0.00995. The number of amides is 2. The van der Waals surface area contributed by atoms with Crippen LogP contribution >= 0.6 is 11.5 Å². The van der Waals surface area contributed by atoms with Gasteiger partial charge in [-0.15, -0.1) is 0 Å². The minimum Gasteiger partial charge on any atom is -0.477 e. The summed E-state index contributed by atoms with van der Waals surface area (Å²) in [7, 11) is 0. The number of carboxylic acids is 1. The van der Waals surface area contributed by atoms with Crippen LogP contribution in [0.4, 0.5) is 18.6 Å². The van der Waals surface area contributed by atoms with Crippen molar-refractivity contribution in [3.63, 3.8) is 0 Å². The SMILES string of the molecule is Cc1cc(F)c(COc2nsc(NC(=O)NCCCCN(CCO)CCO)c2C(=O)O)cc1F. The highest BCUT2D eigenvalue weighted by molar-refractivity contribution is 7.11. The topological polar surface area (TPSA) is 144 Å². The fraction of sp³-hybridized carbons (Fsp3) is 0.476. The molecule has 0 fully saturated rings. The lowest BCUT2D eigenvalue weighted by Gasteiger charge is -2.19. The third-order valence-corrected chi connectivity index (χ3v) is 5.56. The van der Waals surface area contributed by atoms with E-state index in [0.29, 0.717) is 44.1 Å². The molecule has 0 unspecified atom stereocenters. The third kappa shape index (κ3) is 8.17. The molecule has 2 amide bonds. The number of unbranched alkanes of at least 4 members (excludes halogenated alkanes) is 1. The van der Waals surface area contributed by atoms with Gasteiger partial charge in [0.15, 0.2) is 5.56 Å². The van der Waals surface area contributed by atoms with E-state index in [1.165, 1.54) is 6.92 Å². The molecule has 1 aromatic heterocycles. The van der Waals surface area contributed by atoms with Crippen molar-refractivity contribution in [1.82, 2.24) is 14.6 Å². The Morgan fingerprint density at radius 1 is 1.12 bits per heavy atom. The summed E-state index contributed by atoms with van der Waals surface area (Å²) in [5, 5.41) is 32.4. The zero-order valence-corrected chi connectivity index (χ0v) is 19.5. The van der Waals surface area contributed by atoms with E-state index >= 15 is 0 Å². The van der Waals surface area contributed by atoms with Gasteiger partial charge in [0, 0.05) is 25.2 Å². The molecule has 1 heterocycles. The maximum Gasteiger partial charge on any atom is 0.344 e. The number of aliphatic hydroxyl groups excluding tert-OH is 2. The van der Waals surface area contributed by atoms with E-state index in [0.717, 1.165) is 18.6 Å². The summed E-state index contributed by atoms with van der Waals surface area (Å²) >= 11 is 0.687. The van der Waals surface area contributed by atoms with Crippen molar-refractivity contribution >= 4 is 28.5 Å². The van der Waals surface area contributed by atoms with Crippen LogP contribution in [-0.4, -0.2) is 76.0 Å². The van der Waals surface area contributed by atoms with E-state index in [4.69, 9.17) is 14.9 Å². The van der Waals surface area contributed by atoms with Gasteiger partial charge in [-0.3, -0.25) is 10.2 Å². The second-order valence-corrected chi connectivity index (χ2v) is 8.13. The van der Waals surface area contributed by atoms with Crippen LogP contribution < -0.4 is 15.4 Å². The molecule has 0 aliphatic carbocycles. The number of nitrogens with zero attached hydrogens (tertiary/aromatic N) is 2. The van der Waals surface area contributed by atoms with Crippen molar-refractivity contribution in [3.05, 3.63) is 40.5 Å². The van der Waals surface area contributed by atoms with Crippen LogP contribution in [0.15, 0.2) is 12.1 Å². The smallest absolute Gasteiger partial charge is 0.344 e. The highest BCUT2D eigenvalue weighted by Gasteiger charge is 2.24. The second-order valence-electron chi connectivity index (χ2n) is 7.36. The molecule has 2 aromatic rings. The number of aliphatic hydroxyl groups is 2. The fourth-order valence-corrected chi connectivity index (χ4v) is 3.74. The molecule has 0 saturated heterocycles. The van der Waals surface area contributed by atoms with Gasteiger partial charge in [-0.05, 0) is 55.5 Å². The Kier molecular flexibility index (Phi) is 11.1. The normalized spacial score (nSPS) is 11.0. The lowest BCUT2D eigenvalue weighted by atomic mass is 10.1. The van der Waals surface area contributed by atoms with Crippen LogP contribution in [0, 0.1) is 18.6 Å². The number of benzene rings is 1. The van der Waals surface area contributed by atoms with Crippen molar-refractivity contribution < 1.29 is 38.4 Å². The molecule has 0 aliphatic heterocycles. The maximum atomic E-state index is 14.0. The van der Waals surface area contributed by atoms with E-state index in [-0.39, 0.29) is 35.2 Å². The summed E-state index contributed by atoms with van der Waals surface area (Å²) in [6, 6.07) is 1.35. The molecule has 0 aliphatic rings. The number of hydrogen-bond donors (Lipinski definition) is 5. The number of aromatic nitrogens is 1. The number of carboxylic acid groups (broad SMARTS) is 1. The van der Waals surface area contributed by atoms with Gasteiger partial charge in [-0.2, -0.15) is 4.37 Å². The highest BCUT2D eigenvalue weighted by atomic mass is 32.1. The molecule has 10 nitrogen and oxygen atoms in total. The van der Waals surface area contributed by atoms with Crippen molar-refractivity contribution in [1.29, 1.82) is 0 Å². The fourth-order valence-electron chi connectivity index (χ4n) is 3.02. The zero-order valence-electron chi connectivity index (χ0n) is 18.6. The number of urea groups is 1. The van der Waals surface area contributed by atoms with Crippen LogP contribution in [0.5, 0.6) is 5.88 Å². The molecule has 34 heavy (non-hydrogen) atoms. The number of aromatic carboxylic acids is 1. The summed E-state index contributed by atoms with van der Waals surface area (Å²) in [5.41, 5.74) is -0.362. The molecule has 0 spiro atoms. The van der Waals surface area contributed by atoms with E-state index in [2.05, 4.69) is 15.0 Å². The molecule has 13 heteroatoms. The van der Waals surface area contributed by atoms with Gasteiger partial charge in [0.1, 0.15) is 23.2 Å². The number of nitrogens with one attached hydrogen (secondary N) is 2. The van der Waals surface area contributed by atoms with Crippen molar-refractivity contribution in [2.75, 3.05) is 44.7 Å². The Morgan fingerprint density at radius 2 is 1.82 bits per heavy atom. The zero-order chi connectivity index (χ0) is 25.1. The van der Waals surface area contributed by atoms with Gasteiger partial charge in [0.05, 0.1) is 13.2 Å². The Bertz CT molecular complexity index is 969. The van der Waals surface area contributed by atoms with Gasteiger partial charge in [-0.1, -0.05) is 0 Å². The van der Waals surface area contributed by atoms with Crippen LogP contribution in [-0.2, 0) is 6.61 Å². The number of aryl methyl sites for hydroxylation is 1. The lowest BCUT2D eigenvalue weighted by Crippen LogP contribution is -2.32. The maximum absolute atomic E-state index is 14.0. The monoisotopic (exact) mass is 502 g/mol.